The number of aliphatic carboxylic acids is 1. The van der Waals surface area contributed by atoms with Crippen molar-refractivity contribution in [3.8, 4) is 0 Å². The van der Waals surface area contributed by atoms with E-state index in [-0.39, 0.29) is 11.7 Å². The first-order valence-electron chi connectivity index (χ1n) is 5.03. The summed E-state index contributed by atoms with van der Waals surface area (Å²) < 4.78 is 1.79. The first-order valence-corrected chi connectivity index (χ1v) is 6.02. The predicted octanol–water partition coefficient (Wildman–Crippen LogP) is 0.0287. The van der Waals surface area contributed by atoms with Crippen molar-refractivity contribution in [2.24, 2.45) is 5.73 Å². The van der Waals surface area contributed by atoms with E-state index in [9.17, 15) is 9.59 Å². The third-order valence-electron chi connectivity index (χ3n) is 2.03. The number of amides is 1. The third kappa shape index (κ3) is 4.43. The Morgan fingerprint density at radius 3 is 2.76 bits per heavy atom. The molecule has 17 heavy (non-hydrogen) atoms. The van der Waals surface area contributed by atoms with Crippen molar-refractivity contribution < 1.29 is 14.7 Å². The highest BCUT2D eigenvalue weighted by Crippen LogP contribution is 2.17. The lowest BCUT2D eigenvalue weighted by molar-refractivity contribution is -0.133. The van der Waals surface area contributed by atoms with Crippen LogP contribution in [0.25, 0.3) is 0 Å². The number of nitrogens with zero attached hydrogens (tertiary/aromatic N) is 3. The molecule has 0 aliphatic heterocycles. The van der Waals surface area contributed by atoms with Crippen LogP contribution in [0.5, 0.6) is 0 Å². The molecule has 1 heterocycles. The van der Waals surface area contributed by atoms with Gasteiger partial charge in [0, 0.05) is 13.0 Å². The summed E-state index contributed by atoms with van der Waals surface area (Å²) in [5.74, 6) is -0.620. The molecule has 0 spiro atoms. The van der Waals surface area contributed by atoms with Gasteiger partial charge in [0.15, 0.2) is 5.16 Å². The molecular weight excluding hydrogens is 244 g/mol. The Balaban J connectivity index is 2.59. The van der Waals surface area contributed by atoms with Crippen LogP contribution in [0.15, 0.2) is 5.16 Å². The van der Waals surface area contributed by atoms with Crippen LogP contribution in [-0.4, -0.2) is 37.5 Å². The zero-order valence-corrected chi connectivity index (χ0v) is 10.2. The van der Waals surface area contributed by atoms with Crippen molar-refractivity contribution in [1.82, 2.24) is 14.8 Å². The number of aromatic nitrogens is 3. The predicted molar refractivity (Wildman–Crippen MR) is 61.5 cm³/mol. The molecule has 0 fully saturated rings. The largest absolute Gasteiger partial charge is 0.481 e. The standard InChI is InChI=1S/C9H14N4O3S/c1-6-11-12-9(17-5-8(15)16)13(6)4-2-3-7(10)14/h2-5H2,1H3,(H2,10,14)(H,15,16). The van der Waals surface area contributed by atoms with Crippen LogP contribution < -0.4 is 5.73 Å². The minimum atomic E-state index is -0.903. The van der Waals surface area contributed by atoms with Gasteiger partial charge in [-0.05, 0) is 13.3 Å². The normalized spacial score (nSPS) is 10.4. The second kappa shape index (κ2) is 6.24. The van der Waals surface area contributed by atoms with Gasteiger partial charge in [0.1, 0.15) is 5.82 Å². The molecule has 0 aromatic carbocycles. The summed E-state index contributed by atoms with van der Waals surface area (Å²) in [7, 11) is 0. The molecule has 0 radical (unpaired) electrons. The van der Waals surface area contributed by atoms with Crippen molar-refractivity contribution in [2.45, 2.75) is 31.5 Å². The van der Waals surface area contributed by atoms with Crippen LogP contribution in [0.4, 0.5) is 0 Å². The highest BCUT2D eigenvalue weighted by atomic mass is 32.2. The molecule has 1 amide bonds. The van der Waals surface area contributed by atoms with Crippen molar-refractivity contribution in [3.05, 3.63) is 5.82 Å². The fraction of sp³-hybridized carbons (Fsp3) is 0.556. The fourth-order valence-corrected chi connectivity index (χ4v) is 1.99. The first-order chi connectivity index (χ1) is 8.00. The van der Waals surface area contributed by atoms with Crippen LogP contribution in [-0.2, 0) is 16.1 Å². The molecule has 8 heteroatoms. The summed E-state index contributed by atoms with van der Waals surface area (Å²) in [6.45, 7) is 2.34. The zero-order chi connectivity index (χ0) is 12.8. The topological polar surface area (TPSA) is 111 Å². The second-order valence-corrected chi connectivity index (χ2v) is 4.38. The molecular formula is C9H14N4O3S. The second-order valence-electron chi connectivity index (χ2n) is 3.43. The molecule has 0 aliphatic carbocycles. The Hall–Kier alpha value is -1.57. The Kier molecular flexibility index (Phi) is 4.95. The summed E-state index contributed by atoms with van der Waals surface area (Å²) in [6.07, 6.45) is 0.884. The maximum Gasteiger partial charge on any atom is 0.313 e. The van der Waals surface area contributed by atoms with E-state index in [0.29, 0.717) is 30.4 Å². The molecule has 0 unspecified atom stereocenters. The van der Waals surface area contributed by atoms with Gasteiger partial charge in [-0.3, -0.25) is 9.59 Å². The fourth-order valence-electron chi connectivity index (χ4n) is 1.26. The SMILES string of the molecule is Cc1nnc(SCC(=O)O)n1CCCC(N)=O. The molecule has 7 nitrogen and oxygen atoms in total. The summed E-state index contributed by atoms with van der Waals surface area (Å²) in [5, 5.41) is 16.9. The highest BCUT2D eigenvalue weighted by Gasteiger charge is 2.11. The Bertz CT molecular complexity index is 418. The highest BCUT2D eigenvalue weighted by molar-refractivity contribution is 7.99. The van der Waals surface area contributed by atoms with Crippen molar-refractivity contribution >= 4 is 23.6 Å². The summed E-state index contributed by atoms with van der Waals surface area (Å²) >= 11 is 1.11. The zero-order valence-electron chi connectivity index (χ0n) is 9.42. The van der Waals surface area contributed by atoms with Gasteiger partial charge >= 0.3 is 5.97 Å². The molecule has 0 atom stereocenters. The number of nitrogens with two attached hydrogens (primary N) is 1. The number of thioether (sulfide) groups is 1. The minimum absolute atomic E-state index is 0.0616. The Morgan fingerprint density at radius 2 is 2.18 bits per heavy atom. The number of carboxylic acids is 1. The maximum atomic E-state index is 10.6. The average Bonchev–Trinajstić information content (AvgIpc) is 2.57. The van der Waals surface area contributed by atoms with Gasteiger partial charge in [0.25, 0.3) is 0 Å². The van der Waals surface area contributed by atoms with Gasteiger partial charge in [-0.2, -0.15) is 0 Å². The van der Waals surface area contributed by atoms with E-state index >= 15 is 0 Å². The quantitative estimate of drug-likeness (QED) is 0.667. The van der Waals surface area contributed by atoms with Gasteiger partial charge < -0.3 is 15.4 Å². The average molecular weight is 258 g/mol. The number of hydrogen-bond donors (Lipinski definition) is 2. The van der Waals surface area contributed by atoms with Crippen LogP contribution in [0.1, 0.15) is 18.7 Å². The van der Waals surface area contributed by atoms with Gasteiger partial charge in [-0.25, -0.2) is 0 Å². The Morgan fingerprint density at radius 1 is 1.47 bits per heavy atom. The maximum absolute atomic E-state index is 10.6. The number of carbonyl (C=O) groups excluding carboxylic acids is 1. The molecule has 1 aromatic rings. The summed E-state index contributed by atoms with van der Waals surface area (Å²) in [6, 6.07) is 0. The lowest BCUT2D eigenvalue weighted by Gasteiger charge is -2.06. The molecule has 0 saturated carbocycles. The molecule has 0 saturated heterocycles. The summed E-state index contributed by atoms with van der Waals surface area (Å²) in [5.41, 5.74) is 5.04. The molecule has 94 valence electrons. The first kappa shape index (κ1) is 13.5. The molecule has 1 aromatic heterocycles. The lowest BCUT2D eigenvalue weighted by Crippen LogP contribution is -2.12. The van der Waals surface area contributed by atoms with Crippen molar-refractivity contribution in [3.63, 3.8) is 0 Å². The number of rotatable bonds is 7. The smallest absolute Gasteiger partial charge is 0.313 e. The third-order valence-corrected chi connectivity index (χ3v) is 2.98. The molecule has 0 aliphatic rings. The van der Waals surface area contributed by atoms with Crippen LogP contribution in [0.2, 0.25) is 0 Å². The van der Waals surface area contributed by atoms with E-state index in [1.54, 1.807) is 11.5 Å². The van der Waals surface area contributed by atoms with E-state index in [0.717, 1.165) is 11.8 Å². The van der Waals surface area contributed by atoms with Crippen LogP contribution in [0, 0.1) is 6.92 Å². The molecule has 3 N–H and O–H groups in total. The molecule has 0 bridgehead atoms. The number of carboxylic acid groups (broad SMARTS) is 1. The summed E-state index contributed by atoms with van der Waals surface area (Å²) in [4.78, 5) is 21.1. The van der Waals surface area contributed by atoms with E-state index in [4.69, 9.17) is 10.8 Å². The number of hydrogen-bond acceptors (Lipinski definition) is 5. The monoisotopic (exact) mass is 258 g/mol. The number of aryl methyl sites for hydroxylation is 1. The van der Waals surface area contributed by atoms with Crippen molar-refractivity contribution in [2.75, 3.05) is 5.75 Å². The van der Waals surface area contributed by atoms with E-state index in [1.807, 2.05) is 0 Å². The van der Waals surface area contributed by atoms with Gasteiger partial charge in [0.05, 0.1) is 5.75 Å². The minimum Gasteiger partial charge on any atom is -0.481 e. The van der Waals surface area contributed by atoms with E-state index in [1.165, 1.54) is 0 Å². The van der Waals surface area contributed by atoms with Crippen molar-refractivity contribution in [1.29, 1.82) is 0 Å². The lowest BCUT2D eigenvalue weighted by atomic mass is 10.3. The Labute approximate surface area is 102 Å². The van der Waals surface area contributed by atoms with Gasteiger partial charge in [0.2, 0.25) is 5.91 Å². The van der Waals surface area contributed by atoms with Crippen LogP contribution in [0.3, 0.4) is 0 Å². The van der Waals surface area contributed by atoms with E-state index in [2.05, 4.69) is 10.2 Å². The van der Waals surface area contributed by atoms with E-state index < -0.39 is 5.97 Å². The number of carbonyl (C=O) groups is 2. The number of primary amides is 1. The van der Waals surface area contributed by atoms with Crippen LogP contribution >= 0.6 is 11.8 Å². The van der Waals surface area contributed by atoms with Gasteiger partial charge in [-0.1, -0.05) is 11.8 Å². The molecule has 1 rings (SSSR count). The van der Waals surface area contributed by atoms with Gasteiger partial charge in [-0.15, -0.1) is 10.2 Å².